The van der Waals surface area contributed by atoms with Gasteiger partial charge in [0.1, 0.15) is 0 Å². The molecule has 0 amide bonds. The van der Waals surface area contributed by atoms with Crippen LogP contribution in [0.1, 0.15) is 0 Å². The summed E-state index contributed by atoms with van der Waals surface area (Å²) in [5, 5.41) is 0. The maximum absolute atomic E-state index is 3.91. The van der Waals surface area contributed by atoms with Crippen molar-refractivity contribution in [2.45, 2.75) is 39.3 Å². The third-order valence-electron chi connectivity index (χ3n) is 0. The van der Waals surface area contributed by atoms with E-state index in [9.17, 15) is 0 Å². The van der Waals surface area contributed by atoms with E-state index in [0.29, 0.717) is 0 Å². The fourth-order valence-corrected chi connectivity index (χ4v) is 0. The van der Waals surface area contributed by atoms with Crippen LogP contribution in [0.25, 0.3) is 0 Å². The van der Waals surface area contributed by atoms with E-state index < -0.39 is 16.1 Å². The van der Waals surface area contributed by atoms with Crippen molar-refractivity contribution in [2.75, 3.05) is 0 Å². The minimum Gasteiger partial charge on any atom is -0.342 e. The summed E-state index contributed by atoms with van der Waals surface area (Å²) in [4.78, 5) is 0. The van der Waals surface area contributed by atoms with Gasteiger partial charge in [0.05, 0.1) is 0 Å². The molecule has 0 atom stereocenters. The van der Waals surface area contributed by atoms with Gasteiger partial charge in [0.2, 0.25) is 0 Å². The van der Waals surface area contributed by atoms with E-state index in [1.165, 1.54) is 0 Å². The largest absolute Gasteiger partial charge is 0.342 e. The normalized spacial score (nSPS) is 10.9. The van der Waals surface area contributed by atoms with Crippen LogP contribution in [0.2, 0.25) is 39.3 Å². The van der Waals surface area contributed by atoms with E-state index in [1.54, 1.807) is 0 Å². The zero-order chi connectivity index (χ0) is 9.00. The van der Waals surface area contributed by atoms with Crippen LogP contribution in [0.4, 0.5) is 0 Å². The zero-order valence-electron chi connectivity index (χ0n) is 8.67. The molecule has 0 aromatic rings. The Kier molecular flexibility index (Phi) is 11.9. The maximum Gasteiger partial charge on any atom is 0 e. The number of hydrogen-bond acceptors (Lipinski definition) is 0. The van der Waals surface area contributed by atoms with Gasteiger partial charge < -0.3 is 13.1 Å². The molecule has 3 heteroatoms. The first kappa shape index (κ1) is 18.5. The van der Waals surface area contributed by atoms with Gasteiger partial charge >= 0.3 is 0 Å². The molecule has 0 spiro atoms. The molecule has 0 fully saturated rings. The Morgan fingerprint density at radius 2 is 0.636 bits per heavy atom. The van der Waals surface area contributed by atoms with Crippen molar-refractivity contribution in [3.63, 3.8) is 0 Å². The number of rotatable bonds is 0. The molecule has 0 aliphatic carbocycles. The summed E-state index contributed by atoms with van der Waals surface area (Å²) in [7, 11) is -1.72. The molecular weight excluding hydrogens is 327 g/mol. The van der Waals surface area contributed by atoms with E-state index in [4.69, 9.17) is 0 Å². The smallest absolute Gasteiger partial charge is 0 e. The molecule has 0 nitrogen and oxygen atoms in total. The van der Waals surface area contributed by atoms with Gasteiger partial charge in [-0.1, -0.05) is 39.3 Å². The molecule has 0 aromatic carbocycles. The summed E-state index contributed by atoms with van der Waals surface area (Å²) < 4.78 is 0. The van der Waals surface area contributed by atoms with Gasteiger partial charge in [-0.25, -0.2) is 0 Å². The molecule has 79 valence electrons. The van der Waals surface area contributed by atoms with Crippen LogP contribution in [-0.4, -0.2) is 16.1 Å². The second-order valence-electron chi connectivity index (χ2n) is 5.12. The number of hydrogen-bond donors (Lipinski definition) is 0. The van der Waals surface area contributed by atoms with Crippen LogP contribution in [0.3, 0.4) is 0 Å². The Morgan fingerprint density at radius 1 is 0.636 bits per heavy atom. The van der Waals surface area contributed by atoms with Crippen molar-refractivity contribution in [3.8, 4) is 0 Å². The molecule has 0 rings (SSSR count). The Hall–Kier alpha value is 1.67. The van der Waals surface area contributed by atoms with Crippen LogP contribution < -0.4 is 0 Å². The van der Waals surface area contributed by atoms with Crippen LogP contribution >= 0.6 is 0 Å². The van der Waals surface area contributed by atoms with Gasteiger partial charge in [0.25, 0.3) is 0 Å². The summed E-state index contributed by atoms with van der Waals surface area (Å²) >= 11 is 0. The zero-order valence-corrected chi connectivity index (χ0v) is 12.3. The Balaban J connectivity index is -0.000000107. The average molecular weight is 349 g/mol. The summed E-state index contributed by atoms with van der Waals surface area (Å²) in [6.07, 6.45) is 0. The second kappa shape index (κ2) is 7.11. The van der Waals surface area contributed by atoms with Gasteiger partial charge in [0.15, 0.2) is 0 Å². The first-order valence-corrected chi connectivity index (χ1v) is 11.1. The molecule has 0 heterocycles. The van der Waals surface area contributed by atoms with E-state index in [0.717, 1.165) is 0 Å². The first-order chi connectivity index (χ1) is 4.00. The van der Waals surface area contributed by atoms with Crippen molar-refractivity contribution in [2.24, 2.45) is 0 Å². The molecule has 0 bridgehead atoms. The summed E-state index contributed by atoms with van der Waals surface area (Å²) in [5.41, 5.74) is 0. The fourth-order valence-electron chi connectivity index (χ4n) is 0. The minimum absolute atomic E-state index is 0. The first-order valence-electron chi connectivity index (χ1n) is 3.71. The molecule has 0 aliphatic heterocycles. The van der Waals surface area contributed by atoms with Crippen LogP contribution in [-0.2, 0) is 0 Å². The topological polar surface area (TPSA) is 0 Å². The molecule has 11 heavy (non-hydrogen) atoms. The summed E-state index contributed by atoms with van der Waals surface area (Å²) in [5.74, 6) is 0. The predicted molar refractivity (Wildman–Crippen MR) is 57.4 cm³/mol. The standard InChI is InChI=1S/2C4H11Si.Lu/c2*1-5(2,3)4;/h2*1H2,2-4H3;/q2*-1;. The third-order valence-corrected chi connectivity index (χ3v) is 0. The fraction of sp³-hybridized carbons (Fsp3) is 0.750. The van der Waals surface area contributed by atoms with Crippen molar-refractivity contribution in [1.82, 2.24) is 0 Å². The van der Waals surface area contributed by atoms with Crippen molar-refractivity contribution >= 4 is 16.1 Å². The maximum atomic E-state index is 3.91. The van der Waals surface area contributed by atoms with Crippen LogP contribution in [0.15, 0.2) is 0 Å². The van der Waals surface area contributed by atoms with E-state index in [1.807, 2.05) is 0 Å². The molecule has 0 saturated carbocycles. The second-order valence-corrected chi connectivity index (χ2v) is 15.4. The van der Waals surface area contributed by atoms with Gasteiger partial charge in [0, 0.05) is 36.9 Å². The summed E-state index contributed by atoms with van der Waals surface area (Å²) in [6.45, 7) is 21.1. The molecule has 0 unspecified atom stereocenters. The quantitative estimate of drug-likeness (QED) is 0.465. The molecule has 0 saturated heterocycles. The SMILES string of the molecule is [CH2-][Si](C)(C)C.[CH2-][Si](C)(C)C.[Lu]. The molecule has 0 aromatic heterocycles. The van der Waals surface area contributed by atoms with Crippen molar-refractivity contribution in [3.05, 3.63) is 13.1 Å². The third kappa shape index (κ3) is 392. The van der Waals surface area contributed by atoms with E-state index >= 15 is 0 Å². The van der Waals surface area contributed by atoms with Gasteiger partial charge in [-0.15, -0.1) is 16.1 Å². The predicted octanol–water partition coefficient (Wildman–Crippen LogP) is 3.40. The minimum atomic E-state index is -0.861. The van der Waals surface area contributed by atoms with E-state index in [-0.39, 0.29) is 36.9 Å². The Bertz CT molecular complexity index is 55.1. The van der Waals surface area contributed by atoms with Crippen LogP contribution in [0, 0.1) is 50.0 Å². The van der Waals surface area contributed by atoms with E-state index in [2.05, 4.69) is 52.4 Å². The van der Waals surface area contributed by atoms with Crippen molar-refractivity contribution in [1.29, 1.82) is 0 Å². The molecule has 1 radical (unpaired) electrons. The van der Waals surface area contributed by atoms with Gasteiger partial charge in [-0.2, -0.15) is 0 Å². The van der Waals surface area contributed by atoms with Crippen molar-refractivity contribution < 1.29 is 36.9 Å². The summed E-state index contributed by atoms with van der Waals surface area (Å²) in [6, 6.07) is 0. The van der Waals surface area contributed by atoms with Crippen LogP contribution in [0.5, 0.6) is 0 Å². The molecule has 0 aliphatic rings. The Labute approximate surface area is 104 Å². The molecular formula is C8H22LuSi2-2. The average Bonchev–Trinajstić information content (AvgIpc) is 1.12. The Morgan fingerprint density at radius 3 is 0.636 bits per heavy atom. The monoisotopic (exact) mass is 349 g/mol. The molecule has 0 N–H and O–H groups in total. The van der Waals surface area contributed by atoms with Gasteiger partial charge in [-0.05, 0) is 0 Å². The van der Waals surface area contributed by atoms with Gasteiger partial charge in [-0.3, -0.25) is 0 Å².